The van der Waals surface area contributed by atoms with Crippen molar-refractivity contribution in [2.75, 3.05) is 32.7 Å². The SMILES string of the molecule is CCN1CCN(Cc2[nH]c3ccc(C)cc3c2-c2ccc(C#N)cc2)CC1. The van der Waals surface area contributed by atoms with Crippen LogP contribution in [0.5, 0.6) is 0 Å². The third kappa shape index (κ3) is 3.62. The molecule has 1 N–H and O–H groups in total. The molecule has 0 radical (unpaired) electrons. The Bertz CT molecular complexity index is 970. The van der Waals surface area contributed by atoms with E-state index in [4.69, 9.17) is 5.26 Å². The lowest BCUT2D eigenvalue weighted by Gasteiger charge is -2.34. The number of likely N-dealkylation sites (N-methyl/N-ethyl adjacent to an activating group) is 1. The maximum atomic E-state index is 9.11. The number of rotatable bonds is 4. The zero-order valence-electron chi connectivity index (χ0n) is 16.1. The molecule has 0 spiro atoms. The second-order valence-corrected chi connectivity index (χ2v) is 7.43. The van der Waals surface area contributed by atoms with Crippen molar-refractivity contribution in [2.24, 2.45) is 0 Å². The molecule has 0 unspecified atom stereocenters. The first-order chi connectivity index (χ1) is 13.2. The van der Waals surface area contributed by atoms with Gasteiger partial charge >= 0.3 is 0 Å². The summed E-state index contributed by atoms with van der Waals surface area (Å²) in [6.07, 6.45) is 0. The largest absolute Gasteiger partial charge is 0.357 e. The first-order valence-electron chi connectivity index (χ1n) is 9.74. The number of hydrogen-bond acceptors (Lipinski definition) is 3. The van der Waals surface area contributed by atoms with Gasteiger partial charge in [-0.3, -0.25) is 4.90 Å². The number of nitriles is 1. The molecule has 27 heavy (non-hydrogen) atoms. The lowest BCUT2D eigenvalue weighted by Crippen LogP contribution is -2.45. The molecule has 4 rings (SSSR count). The van der Waals surface area contributed by atoms with Crippen molar-refractivity contribution in [1.82, 2.24) is 14.8 Å². The number of piperazine rings is 1. The van der Waals surface area contributed by atoms with Crippen LogP contribution in [-0.2, 0) is 6.54 Å². The average molecular weight is 358 g/mol. The van der Waals surface area contributed by atoms with Gasteiger partial charge in [-0.05, 0) is 43.3 Å². The number of nitrogens with one attached hydrogen (secondary N) is 1. The van der Waals surface area contributed by atoms with Crippen molar-refractivity contribution in [2.45, 2.75) is 20.4 Å². The Morgan fingerprint density at radius 1 is 1.00 bits per heavy atom. The van der Waals surface area contributed by atoms with Crippen LogP contribution in [0.25, 0.3) is 22.0 Å². The number of fused-ring (bicyclic) bond motifs is 1. The normalized spacial score (nSPS) is 15.9. The standard InChI is InChI=1S/C23H26N4/c1-3-26-10-12-27(13-11-26)16-22-23(19-7-5-18(15-24)6-8-19)20-14-17(2)4-9-21(20)25-22/h4-9,14,25H,3,10-13,16H2,1-2H3. The fraction of sp³-hybridized carbons (Fsp3) is 0.348. The molecular weight excluding hydrogens is 332 g/mol. The highest BCUT2D eigenvalue weighted by Crippen LogP contribution is 2.34. The number of H-pyrrole nitrogens is 1. The molecule has 0 saturated carbocycles. The van der Waals surface area contributed by atoms with Crippen LogP contribution in [0.15, 0.2) is 42.5 Å². The average Bonchev–Trinajstić information content (AvgIpc) is 3.05. The number of aromatic nitrogens is 1. The van der Waals surface area contributed by atoms with Gasteiger partial charge in [-0.2, -0.15) is 5.26 Å². The summed E-state index contributed by atoms with van der Waals surface area (Å²) in [5, 5.41) is 10.4. The number of hydrogen-bond donors (Lipinski definition) is 1. The van der Waals surface area contributed by atoms with Crippen LogP contribution in [0, 0.1) is 18.3 Å². The first-order valence-corrected chi connectivity index (χ1v) is 9.74. The first kappa shape index (κ1) is 17.8. The monoisotopic (exact) mass is 358 g/mol. The Hall–Kier alpha value is -2.61. The molecule has 3 aromatic rings. The molecule has 2 aromatic carbocycles. The van der Waals surface area contributed by atoms with Crippen LogP contribution in [0.1, 0.15) is 23.7 Å². The molecule has 4 nitrogen and oxygen atoms in total. The summed E-state index contributed by atoms with van der Waals surface area (Å²) < 4.78 is 0. The molecule has 0 amide bonds. The van der Waals surface area contributed by atoms with E-state index in [0.29, 0.717) is 5.56 Å². The number of benzene rings is 2. The Morgan fingerprint density at radius 3 is 2.37 bits per heavy atom. The van der Waals surface area contributed by atoms with Crippen LogP contribution in [0.4, 0.5) is 0 Å². The van der Waals surface area contributed by atoms with Gasteiger partial charge in [-0.15, -0.1) is 0 Å². The Balaban J connectivity index is 1.72. The molecule has 0 aliphatic carbocycles. The van der Waals surface area contributed by atoms with Crippen molar-refractivity contribution < 1.29 is 0 Å². The molecule has 0 atom stereocenters. The minimum atomic E-state index is 0.701. The molecular formula is C23H26N4. The molecule has 1 fully saturated rings. The summed E-state index contributed by atoms with van der Waals surface area (Å²) in [4.78, 5) is 8.72. The second-order valence-electron chi connectivity index (χ2n) is 7.43. The maximum Gasteiger partial charge on any atom is 0.0991 e. The van der Waals surface area contributed by atoms with E-state index in [0.717, 1.165) is 39.3 Å². The van der Waals surface area contributed by atoms with E-state index < -0.39 is 0 Å². The minimum absolute atomic E-state index is 0.701. The van der Waals surface area contributed by atoms with Crippen LogP contribution in [-0.4, -0.2) is 47.5 Å². The maximum absolute atomic E-state index is 9.11. The molecule has 1 saturated heterocycles. The highest BCUT2D eigenvalue weighted by Gasteiger charge is 2.20. The van der Waals surface area contributed by atoms with Gasteiger partial charge in [0.1, 0.15) is 0 Å². The number of aryl methyl sites for hydroxylation is 1. The smallest absolute Gasteiger partial charge is 0.0991 e. The van der Waals surface area contributed by atoms with Crippen LogP contribution < -0.4 is 0 Å². The highest BCUT2D eigenvalue weighted by molar-refractivity contribution is 5.98. The van der Waals surface area contributed by atoms with Crippen molar-refractivity contribution in [1.29, 1.82) is 5.26 Å². The highest BCUT2D eigenvalue weighted by atomic mass is 15.3. The Labute approximate surface area is 161 Å². The van der Waals surface area contributed by atoms with Crippen molar-refractivity contribution in [3.05, 3.63) is 59.3 Å². The Kier molecular flexibility index (Phi) is 4.98. The summed E-state index contributed by atoms with van der Waals surface area (Å²) >= 11 is 0. The summed E-state index contributed by atoms with van der Waals surface area (Å²) in [7, 11) is 0. The van der Waals surface area contributed by atoms with Crippen molar-refractivity contribution in [3.63, 3.8) is 0 Å². The van der Waals surface area contributed by atoms with E-state index in [9.17, 15) is 0 Å². The van der Waals surface area contributed by atoms with Gasteiger partial charge in [-0.25, -0.2) is 0 Å². The summed E-state index contributed by atoms with van der Waals surface area (Å²) in [6, 6.07) is 16.8. The van der Waals surface area contributed by atoms with Gasteiger partial charge in [0, 0.05) is 54.9 Å². The predicted molar refractivity (Wildman–Crippen MR) is 111 cm³/mol. The quantitative estimate of drug-likeness (QED) is 0.762. The zero-order chi connectivity index (χ0) is 18.8. The van der Waals surface area contributed by atoms with Gasteiger partial charge in [0.25, 0.3) is 0 Å². The second kappa shape index (κ2) is 7.56. The van der Waals surface area contributed by atoms with Gasteiger partial charge in [-0.1, -0.05) is 30.7 Å². The summed E-state index contributed by atoms with van der Waals surface area (Å²) in [6.45, 7) is 10.9. The number of nitrogens with zero attached hydrogens (tertiary/aromatic N) is 3. The third-order valence-electron chi connectivity index (χ3n) is 5.63. The minimum Gasteiger partial charge on any atom is -0.357 e. The molecule has 1 aliphatic heterocycles. The van der Waals surface area contributed by atoms with Gasteiger partial charge in [0.15, 0.2) is 0 Å². The molecule has 4 heteroatoms. The van der Waals surface area contributed by atoms with Gasteiger partial charge in [0.2, 0.25) is 0 Å². The zero-order valence-corrected chi connectivity index (χ0v) is 16.1. The van der Waals surface area contributed by atoms with E-state index in [1.807, 2.05) is 12.1 Å². The summed E-state index contributed by atoms with van der Waals surface area (Å²) in [5.74, 6) is 0. The molecule has 2 heterocycles. The van der Waals surface area contributed by atoms with Gasteiger partial charge in [0.05, 0.1) is 11.6 Å². The number of aromatic amines is 1. The van der Waals surface area contributed by atoms with Crippen LogP contribution in [0.2, 0.25) is 0 Å². The van der Waals surface area contributed by atoms with Crippen LogP contribution >= 0.6 is 0 Å². The third-order valence-corrected chi connectivity index (χ3v) is 5.63. The van der Waals surface area contributed by atoms with Crippen molar-refractivity contribution in [3.8, 4) is 17.2 Å². The lowest BCUT2D eigenvalue weighted by molar-refractivity contribution is 0.131. The lowest BCUT2D eigenvalue weighted by atomic mass is 9.99. The van der Waals surface area contributed by atoms with Crippen LogP contribution in [0.3, 0.4) is 0 Å². The van der Waals surface area contributed by atoms with E-state index >= 15 is 0 Å². The Morgan fingerprint density at radius 2 is 1.70 bits per heavy atom. The fourth-order valence-electron chi connectivity index (χ4n) is 4.01. The van der Waals surface area contributed by atoms with E-state index in [1.165, 1.54) is 33.3 Å². The molecule has 1 aliphatic rings. The predicted octanol–water partition coefficient (Wildman–Crippen LogP) is 4.15. The van der Waals surface area contributed by atoms with E-state index in [1.54, 1.807) is 0 Å². The van der Waals surface area contributed by atoms with Crippen molar-refractivity contribution >= 4 is 10.9 Å². The van der Waals surface area contributed by atoms with Gasteiger partial charge < -0.3 is 9.88 Å². The summed E-state index contributed by atoms with van der Waals surface area (Å²) in [5.41, 5.74) is 6.86. The molecule has 138 valence electrons. The molecule has 1 aromatic heterocycles. The fourth-order valence-corrected chi connectivity index (χ4v) is 4.01. The van der Waals surface area contributed by atoms with E-state index in [-0.39, 0.29) is 0 Å². The topological polar surface area (TPSA) is 46.1 Å². The van der Waals surface area contributed by atoms with E-state index in [2.05, 4.69) is 65.0 Å². The molecule has 0 bridgehead atoms.